The van der Waals surface area contributed by atoms with Gasteiger partial charge in [0.2, 0.25) is 0 Å². The zero-order chi connectivity index (χ0) is 10.5. The predicted molar refractivity (Wildman–Crippen MR) is 65.0 cm³/mol. The largest absolute Gasteiger partial charge is 0.309 e. The zero-order valence-corrected chi connectivity index (χ0v) is 9.96. The predicted octanol–water partition coefficient (Wildman–Crippen LogP) is 3.15. The van der Waals surface area contributed by atoms with Crippen molar-refractivity contribution in [3.8, 4) is 0 Å². The highest BCUT2D eigenvalue weighted by Crippen LogP contribution is 2.19. The Morgan fingerprint density at radius 3 is 3.20 bits per heavy atom. The minimum atomic E-state index is 0.391. The summed E-state index contributed by atoms with van der Waals surface area (Å²) < 4.78 is 0. The maximum Gasteiger partial charge on any atom is 0.0795 e. The van der Waals surface area contributed by atoms with Crippen molar-refractivity contribution >= 4 is 11.3 Å². The lowest BCUT2D eigenvalue weighted by Crippen LogP contribution is -2.26. The summed E-state index contributed by atoms with van der Waals surface area (Å²) in [6, 6.07) is 0.391. The normalized spacial score (nSPS) is 22.9. The summed E-state index contributed by atoms with van der Waals surface area (Å²) >= 11 is 1.67. The lowest BCUT2D eigenvalue weighted by molar-refractivity contribution is 0.413. The van der Waals surface area contributed by atoms with E-state index in [0.717, 1.165) is 12.5 Å². The molecule has 2 unspecified atom stereocenters. The van der Waals surface area contributed by atoms with Gasteiger partial charge in [-0.15, -0.1) is 11.3 Å². The molecule has 2 rings (SSSR count). The molecule has 82 valence electrons. The van der Waals surface area contributed by atoms with Gasteiger partial charge in [0.15, 0.2) is 0 Å². The number of nitrogens with one attached hydrogen (secondary N) is 1. The van der Waals surface area contributed by atoms with E-state index in [1.807, 2.05) is 5.51 Å². The molecule has 1 heterocycles. The summed E-state index contributed by atoms with van der Waals surface area (Å²) in [5.41, 5.74) is 3.07. The number of allylic oxidation sites excluding steroid dienone is 2. The van der Waals surface area contributed by atoms with Crippen LogP contribution in [-0.2, 0) is 0 Å². The summed E-state index contributed by atoms with van der Waals surface area (Å²) in [6.07, 6.45) is 8.41. The Balaban J connectivity index is 1.75. The second kappa shape index (κ2) is 5.42. The van der Waals surface area contributed by atoms with Crippen LogP contribution in [-0.4, -0.2) is 11.5 Å². The van der Waals surface area contributed by atoms with E-state index in [-0.39, 0.29) is 0 Å². The number of rotatable bonds is 4. The van der Waals surface area contributed by atoms with Crippen molar-refractivity contribution in [2.24, 2.45) is 5.92 Å². The van der Waals surface area contributed by atoms with E-state index in [1.165, 1.54) is 25.0 Å². The maximum atomic E-state index is 4.32. The maximum absolute atomic E-state index is 4.32. The van der Waals surface area contributed by atoms with Crippen LogP contribution in [0.5, 0.6) is 0 Å². The Bertz CT molecular complexity index is 305. The Morgan fingerprint density at radius 2 is 2.53 bits per heavy atom. The molecular weight excluding hydrogens is 204 g/mol. The molecule has 0 aromatic carbocycles. The molecule has 1 aliphatic rings. The van der Waals surface area contributed by atoms with Crippen LogP contribution in [0.15, 0.2) is 23.0 Å². The second-order valence-electron chi connectivity index (χ2n) is 4.19. The molecule has 1 aromatic rings. The molecule has 0 spiro atoms. The topological polar surface area (TPSA) is 24.9 Å². The van der Waals surface area contributed by atoms with E-state index in [1.54, 1.807) is 11.3 Å². The van der Waals surface area contributed by atoms with Gasteiger partial charge in [0.25, 0.3) is 0 Å². The standard InChI is InChI=1S/C12H18N2S/c1-10(12-8-15-9-14-12)13-7-11-5-3-2-4-6-11/h2-3,8-11,13H,4-7H2,1H3. The van der Waals surface area contributed by atoms with Crippen molar-refractivity contribution in [1.29, 1.82) is 0 Å². The van der Waals surface area contributed by atoms with Gasteiger partial charge >= 0.3 is 0 Å². The average Bonchev–Trinajstić information content (AvgIpc) is 2.81. The highest BCUT2D eigenvalue weighted by atomic mass is 32.1. The molecule has 0 saturated heterocycles. The van der Waals surface area contributed by atoms with Gasteiger partial charge in [-0.25, -0.2) is 4.98 Å². The van der Waals surface area contributed by atoms with Gasteiger partial charge in [-0.3, -0.25) is 0 Å². The van der Waals surface area contributed by atoms with Crippen molar-refractivity contribution in [3.63, 3.8) is 0 Å². The lowest BCUT2D eigenvalue weighted by Gasteiger charge is -2.20. The molecule has 0 fully saturated rings. The van der Waals surface area contributed by atoms with E-state index in [9.17, 15) is 0 Å². The highest BCUT2D eigenvalue weighted by Gasteiger charge is 2.12. The van der Waals surface area contributed by atoms with Gasteiger partial charge in [0.1, 0.15) is 0 Å². The number of aromatic nitrogens is 1. The lowest BCUT2D eigenvalue weighted by atomic mass is 9.94. The third-order valence-corrected chi connectivity index (χ3v) is 3.59. The van der Waals surface area contributed by atoms with E-state index in [2.05, 4.69) is 34.8 Å². The summed E-state index contributed by atoms with van der Waals surface area (Å²) in [6.45, 7) is 3.30. The Kier molecular flexibility index (Phi) is 3.92. The van der Waals surface area contributed by atoms with Crippen LogP contribution in [0.25, 0.3) is 0 Å². The minimum Gasteiger partial charge on any atom is -0.309 e. The third kappa shape index (κ3) is 3.14. The van der Waals surface area contributed by atoms with E-state index in [4.69, 9.17) is 0 Å². The number of thiazole rings is 1. The summed E-state index contributed by atoms with van der Waals surface area (Å²) in [4.78, 5) is 4.32. The van der Waals surface area contributed by atoms with Gasteiger partial charge < -0.3 is 5.32 Å². The second-order valence-corrected chi connectivity index (χ2v) is 4.91. The van der Waals surface area contributed by atoms with Crippen LogP contribution in [0.3, 0.4) is 0 Å². The first-order valence-corrected chi connectivity index (χ1v) is 6.57. The molecule has 2 atom stereocenters. The third-order valence-electron chi connectivity index (χ3n) is 2.99. The summed E-state index contributed by atoms with van der Waals surface area (Å²) in [7, 11) is 0. The van der Waals surface area contributed by atoms with Gasteiger partial charge in [-0.05, 0) is 38.6 Å². The Hall–Kier alpha value is -0.670. The molecule has 0 bridgehead atoms. The van der Waals surface area contributed by atoms with E-state index in [0.29, 0.717) is 6.04 Å². The molecule has 3 heteroatoms. The summed E-state index contributed by atoms with van der Waals surface area (Å²) in [5.74, 6) is 0.816. The van der Waals surface area contributed by atoms with Crippen molar-refractivity contribution < 1.29 is 0 Å². The fraction of sp³-hybridized carbons (Fsp3) is 0.583. The monoisotopic (exact) mass is 222 g/mol. The van der Waals surface area contributed by atoms with Crippen LogP contribution in [0.4, 0.5) is 0 Å². The van der Waals surface area contributed by atoms with Gasteiger partial charge in [0, 0.05) is 11.4 Å². The van der Waals surface area contributed by atoms with Gasteiger partial charge in [-0.2, -0.15) is 0 Å². The molecule has 1 aromatic heterocycles. The fourth-order valence-electron chi connectivity index (χ4n) is 1.93. The Morgan fingerprint density at radius 1 is 1.60 bits per heavy atom. The molecule has 1 N–H and O–H groups in total. The zero-order valence-electron chi connectivity index (χ0n) is 9.15. The molecule has 0 aliphatic heterocycles. The quantitative estimate of drug-likeness (QED) is 0.792. The summed E-state index contributed by atoms with van der Waals surface area (Å²) in [5, 5.41) is 5.69. The van der Waals surface area contributed by atoms with Crippen LogP contribution in [0.2, 0.25) is 0 Å². The number of hydrogen-bond donors (Lipinski definition) is 1. The van der Waals surface area contributed by atoms with Crippen molar-refractivity contribution in [2.45, 2.75) is 32.2 Å². The van der Waals surface area contributed by atoms with Gasteiger partial charge in [0.05, 0.1) is 11.2 Å². The first-order chi connectivity index (χ1) is 7.36. The average molecular weight is 222 g/mol. The van der Waals surface area contributed by atoms with E-state index >= 15 is 0 Å². The first kappa shape index (κ1) is 10.8. The number of hydrogen-bond acceptors (Lipinski definition) is 3. The van der Waals surface area contributed by atoms with Crippen LogP contribution in [0.1, 0.15) is 37.9 Å². The molecule has 2 nitrogen and oxygen atoms in total. The first-order valence-electron chi connectivity index (χ1n) is 5.62. The molecule has 0 amide bonds. The molecular formula is C12H18N2S. The number of nitrogens with zero attached hydrogens (tertiary/aromatic N) is 1. The van der Waals surface area contributed by atoms with Crippen LogP contribution < -0.4 is 5.32 Å². The van der Waals surface area contributed by atoms with Crippen LogP contribution in [0, 0.1) is 5.92 Å². The molecule has 15 heavy (non-hydrogen) atoms. The van der Waals surface area contributed by atoms with E-state index < -0.39 is 0 Å². The van der Waals surface area contributed by atoms with Crippen molar-refractivity contribution in [2.75, 3.05) is 6.54 Å². The fourth-order valence-corrected chi connectivity index (χ4v) is 2.57. The minimum absolute atomic E-state index is 0.391. The Labute approximate surface area is 95.4 Å². The van der Waals surface area contributed by atoms with Crippen LogP contribution >= 0.6 is 11.3 Å². The smallest absolute Gasteiger partial charge is 0.0795 e. The molecule has 0 saturated carbocycles. The van der Waals surface area contributed by atoms with Crippen molar-refractivity contribution in [1.82, 2.24) is 10.3 Å². The SMILES string of the molecule is CC(NCC1CC=CCC1)c1cscn1. The molecule has 1 aliphatic carbocycles. The highest BCUT2D eigenvalue weighted by molar-refractivity contribution is 7.07. The van der Waals surface area contributed by atoms with Crippen molar-refractivity contribution in [3.05, 3.63) is 28.7 Å². The molecule has 0 radical (unpaired) electrons. The van der Waals surface area contributed by atoms with Gasteiger partial charge in [-0.1, -0.05) is 12.2 Å².